The van der Waals surface area contributed by atoms with E-state index in [1.807, 2.05) is 6.92 Å². The Balaban J connectivity index is 2.49. The van der Waals surface area contributed by atoms with Gasteiger partial charge >= 0.3 is 0 Å². The third-order valence-corrected chi connectivity index (χ3v) is 2.30. The summed E-state index contributed by atoms with van der Waals surface area (Å²) in [5, 5.41) is 9.20. The van der Waals surface area contributed by atoms with Crippen molar-refractivity contribution in [2.45, 2.75) is 6.92 Å². The molecule has 0 unspecified atom stereocenters. The molecular formula is C9H9N3OS. The molecule has 72 valence electrons. The second-order valence-electron chi connectivity index (χ2n) is 2.86. The summed E-state index contributed by atoms with van der Waals surface area (Å²) in [6.45, 7) is 1.89. The molecule has 0 saturated carbocycles. The smallest absolute Gasteiger partial charge is 0.237 e. The van der Waals surface area contributed by atoms with E-state index in [1.54, 1.807) is 23.7 Å². The number of benzene rings is 1. The van der Waals surface area contributed by atoms with Crippen molar-refractivity contribution in [1.29, 1.82) is 0 Å². The molecule has 0 atom stereocenters. The van der Waals surface area contributed by atoms with Crippen LogP contribution < -0.4 is 5.62 Å². The molecular weight excluding hydrogens is 198 g/mol. The predicted octanol–water partition coefficient (Wildman–Crippen LogP) is 1.72. The van der Waals surface area contributed by atoms with Crippen molar-refractivity contribution >= 4 is 17.2 Å². The fourth-order valence-electron chi connectivity index (χ4n) is 1.11. The van der Waals surface area contributed by atoms with E-state index in [-0.39, 0.29) is 5.75 Å². The number of nitrogens with one attached hydrogen (secondary N) is 1. The summed E-state index contributed by atoms with van der Waals surface area (Å²) in [7, 11) is 0. The van der Waals surface area contributed by atoms with Crippen molar-refractivity contribution in [3.63, 3.8) is 0 Å². The van der Waals surface area contributed by atoms with E-state index in [4.69, 9.17) is 0 Å². The molecule has 0 aliphatic carbocycles. The summed E-state index contributed by atoms with van der Waals surface area (Å²) in [6.07, 6.45) is 0. The number of rotatable bonds is 1. The van der Waals surface area contributed by atoms with Crippen molar-refractivity contribution in [3.05, 3.63) is 34.9 Å². The van der Waals surface area contributed by atoms with Crippen molar-refractivity contribution in [2.75, 3.05) is 0 Å². The molecule has 0 fully saturated rings. The van der Waals surface area contributed by atoms with Gasteiger partial charge < -0.3 is 5.11 Å². The quantitative estimate of drug-likeness (QED) is 0.748. The number of nitrogens with zero attached hydrogens (tertiary/aromatic N) is 2. The molecule has 0 saturated heterocycles. The summed E-state index contributed by atoms with van der Waals surface area (Å²) in [6, 6.07) is 5.04. The van der Waals surface area contributed by atoms with Gasteiger partial charge in [-0.2, -0.15) is 0 Å². The molecule has 2 rings (SSSR count). The van der Waals surface area contributed by atoms with Gasteiger partial charge in [-0.1, -0.05) is 0 Å². The highest BCUT2D eigenvalue weighted by molar-refractivity contribution is 7.03. The maximum Gasteiger partial charge on any atom is 0.237 e. The number of aromatic nitrogens is 2. The van der Waals surface area contributed by atoms with Crippen LogP contribution in [0.3, 0.4) is 0 Å². The average molecular weight is 207 g/mol. The molecule has 4 nitrogen and oxygen atoms in total. The summed E-state index contributed by atoms with van der Waals surface area (Å²) < 4.78 is 2.93. The number of aryl methyl sites for hydroxylation is 1. The zero-order valence-corrected chi connectivity index (χ0v) is 8.38. The van der Waals surface area contributed by atoms with Gasteiger partial charge in [-0.3, -0.25) is 4.37 Å². The van der Waals surface area contributed by atoms with E-state index in [0.29, 0.717) is 5.62 Å². The van der Waals surface area contributed by atoms with Gasteiger partial charge in [-0.15, -0.1) is 0 Å². The van der Waals surface area contributed by atoms with Crippen LogP contribution in [0.15, 0.2) is 28.7 Å². The van der Waals surface area contributed by atoms with Gasteiger partial charge in [0.05, 0.1) is 5.69 Å². The molecule has 0 spiro atoms. The fourth-order valence-corrected chi connectivity index (χ4v) is 1.52. The molecule has 1 aromatic heterocycles. The second kappa shape index (κ2) is 3.63. The fraction of sp³-hybridized carbons (Fsp3) is 0.111. The number of aromatic hydroxyl groups is 1. The minimum Gasteiger partial charge on any atom is -0.508 e. The Morgan fingerprint density at radius 1 is 1.50 bits per heavy atom. The normalized spacial score (nSPS) is 11.9. The lowest BCUT2D eigenvalue weighted by molar-refractivity contribution is 0.475. The largest absolute Gasteiger partial charge is 0.508 e. The van der Waals surface area contributed by atoms with Crippen LogP contribution in [-0.2, 0) is 0 Å². The van der Waals surface area contributed by atoms with Gasteiger partial charge in [0.2, 0.25) is 5.62 Å². The lowest BCUT2D eigenvalue weighted by Gasteiger charge is -1.98. The van der Waals surface area contributed by atoms with Crippen LogP contribution in [0.4, 0.5) is 5.69 Å². The number of H-pyrrole nitrogens is 1. The first kappa shape index (κ1) is 8.96. The van der Waals surface area contributed by atoms with E-state index >= 15 is 0 Å². The van der Waals surface area contributed by atoms with Crippen LogP contribution in [0.1, 0.15) is 5.56 Å². The first-order valence-electron chi connectivity index (χ1n) is 4.08. The van der Waals surface area contributed by atoms with Crippen LogP contribution in [-0.4, -0.2) is 14.5 Å². The minimum absolute atomic E-state index is 0.253. The highest BCUT2D eigenvalue weighted by atomic mass is 32.1. The molecule has 2 aromatic rings. The van der Waals surface area contributed by atoms with E-state index in [0.717, 1.165) is 11.3 Å². The number of hydrogen-bond donors (Lipinski definition) is 2. The van der Waals surface area contributed by atoms with Crippen LogP contribution in [0, 0.1) is 6.92 Å². The van der Waals surface area contributed by atoms with Crippen molar-refractivity contribution in [3.8, 4) is 5.75 Å². The van der Waals surface area contributed by atoms with Crippen molar-refractivity contribution in [1.82, 2.24) is 9.36 Å². The van der Waals surface area contributed by atoms with Gasteiger partial charge in [-0.05, 0) is 42.2 Å². The summed E-state index contributed by atoms with van der Waals surface area (Å²) in [4.78, 5) is 8.28. The molecule has 1 heterocycles. The maximum atomic E-state index is 9.20. The van der Waals surface area contributed by atoms with Crippen molar-refractivity contribution < 1.29 is 5.11 Å². The number of phenolic OH excluding ortho intramolecular Hbond substituents is 1. The first-order chi connectivity index (χ1) is 6.75. The standard InChI is InChI=1S/C9H9N3OS/c1-6-4-7(13)2-3-8(6)11-9-10-5-14-12-9/h2-5,13H,1H3,(H,11,12). The summed E-state index contributed by atoms with van der Waals surface area (Å²) >= 11 is 1.39. The summed E-state index contributed by atoms with van der Waals surface area (Å²) in [5.74, 6) is 0.253. The molecule has 0 radical (unpaired) electrons. The Morgan fingerprint density at radius 3 is 3.00 bits per heavy atom. The lowest BCUT2D eigenvalue weighted by atomic mass is 10.2. The zero-order chi connectivity index (χ0) is 9.97. The van der Waals surface area contributed by atoms with Gasteiger partial charge in [-0.25, -0.2) is 9.98 Å². The summed E-state index contributed by atoms with van der Waals surface area (Å²) in [5.41, 5.74) is 4.01. The van der Waals surface area contributed by atoms with E-state index in [9.17, 15) is 5.11 Å². The average Bonchev–Trinajstić information content (AvgIpc) is 2.62. The Kier molecular flexibility index (Phi) is 2.32. The minimum atomic E-state index is 0.253. The highest BCUT2D eigenvalue weighted by Crippen LogP contribution is 2.21. The Morgan fingerprint density at radius 2 is 2.36 bits per heavy atom. The van der Waals surface area contributed by atoms with E-state index in [1.165, 1.54) is 11.5 Å². The Hall–Kier alpha value is -1.62. The maximum absolute atomic E-state index is 9.20. The second-order valence-corrected chi connectivity index (χ2v) is 3.51. The number of hydrogen-bond acceptors (Lipinski definition) is 4. The van der Waals surface area contributed by atoms with E-state index in [2.05, 4.69) is 14.3 Å². The lowest BCUT2D eigenvalue weighted by Crippen LogP contribution is -2.03. The molecule has 0 bridgehead atoms. The van der Waals surface area contributed by atoms with Crippen molar-refractivity contribution in [2.24, 2.45) is 4.99 Å². The molecule has 2 N–H and O–H groups in total. The third kappa shape index (κ3) is 1.82. The predicted molar refractivity (Wildman–Crippen MR) is 54.5 cm³/mol. The number of aromatic amines is 1. The number of phenols is 1. The van der Waals surface area contributed by atoms with Crippen LogP contribution in [0.2, 0.25) is 0 Å². The Labute approximate surface area is 84.8 Å². The van der Waals surface area contributed by atoms with Crippen LogP contribution in [0.5, 0.6) is 5.75 Å². The zero-order valence-electron chi connectivity index (χ0n) is 7.56. The van der Waals surface area contributed by atoms with Gasteiger partial charge in [0.1, 0.15) is 11.3 Å². The molecule has 14 heavy (non-hydrogen) atoms. The van der Waals surface area contributed by atoms with Gasteiger partial charge in [0, 0.05) is 0 Å². The molecule has 0 amide bonds. The molecule has 0 aliphatic heterocycles. The molecule has 5 heteroatoms. The Bertz CT molecular complexity index is 484. The SMILES string of the molecule is Cc1cc(O)ccc1N=c1ncs[nH]1. The topological polar surface area (TPSA) is 61.3 Å². The third-order valence-electron chi connectivity index (χ3n) is 1.78. The van der Waals surface area contributed by atoms with Gasteiger partial charge in [0.15, 0.2) is 0 Å². The molecule has 1 aromatic carbocycles. The van der Waals surface area contributed by atoms with Crippen LogP contribution >= 0.6 is 11.5 Å². The highest BCUT2D eigenvalue weighted by Gasteiger charge is 1.97. The molecule has 0 aliphatic rings. The first-order valence-corrected chi connectivity index (χ1v) is 4.96. The van der Waals surface area contributed by atoms with Crippen LogP contribution in [0.25, 0.3) is 0 Å². The van der Waals surface area contributed by atoms with Gasteiger partial charge in [0.25, 0.3) is 0 Å². The monoisotopic (exact) mass is 207 g/mol. The van der Waals surface area contributed by atoms with E-state index < -0.39 is 0 Å².